The summed E-state index contributed by atoms with van der Waals surface area (Å²) in [5.74, 6) is -0.120. The second-order valence-corrected chi connectivity index (χ2v) is 4.50. The predicted molar refractivity (Wildman–Crippen MR) is 62.4 cm³/mol. The molecule has 98 valence electrons. The Morgan fingerprint density at radius 3 is 2.59 bits per heavy atom. The number of carbonyl (C=O) groups excluding carboxylic acids is 2. The van der Waals surface area contributed by atoms with Gasteiger partial charge in [0.2, 0.25) is 5.91 Å². The maximum atomic E-state index is 11.8. The first-order valence-corrected chi connectivity index (χ1v) is 5.94. The van der Waals surface area contributed by atoms with Crippen LogP contribution < -0.4 is 0 Å². The highest BCUT2D eigenvalue weighted by Crippen LogP contribution is 2.24. The zero-order chi connectivity index (χ0) is 12.8. The number of likely N-dealkylation sites (tertiary alicyclic amines) is 1. The van der Waals surface area contributed by atoms with Gasteiger partial charge in [0.05, 0.1) is 13.0 Å². The number of carbonyl (C=O) groups is 2. The quantitative estimate of drug-likeness (QED) is 0.526. The smallest absolute Gasteiger partial charge is 0.310 e. The second kappa shape index (κ2) is 6.59. The maximum absolute atomic E-state index is 11.8. The van der Waals surface area contributed by atoms with Crippen molar-refractivity contribution >= 4 is 11.9 Å². The molecule has 0 bridgehead atoms. The number of amides is 1. The molecule has 0 aliphatic carbocycles. The van der Waals surface area contributed by atoms with E-state index in [1.807, 2.05) is 6.92 Å². The summed E-state index contributed by atoms with van der Waals surface area (Å²) in [6.07, 6.45) is 1.21. The Bertz CT molecular complexity index is 280. The van der Waals surface area contributed by atoms with Gasteiger partial charge in [0, 0.05) is 33.2 Å². The predicted octanol–water partition coefficient (Wildman–Crippen LogP) is 0.681. The monoisotopic (exact) mass is 243 g/mol. The largest absolute Gasteiger partial charge is 0.469 e. The van der Waals surface area contributed by atoms with E-state index in [2.05, 4.69) is 0 Å². The summed E-state index contributed by atoms with van der Waals surface area (Å²) < 4.78 is 9.64. The number of rotatable bonds is 5. The molecule has 1 aliphatic heterocycles. The molecule has 0 N–H and O–H groups in total. The van der Waals surface area contributed by atoms with Crippen LogP contribution >= 0.6 is 0 Å². The number of ether oxygens (including phenoxy) is 2. The van der Waals surface area contributed by atoms with Gasteiger partial charge in [0.15, 0.2) is 0 Å². The van der Waals surface area contributed by atoms with Crippen molar-refractivity contribution in [1.29, 1.82) is 0 Å². The lowest BCUT2D eigenvalue weighted by molar-refractivity contribution is -0.146. The van der Waals surface area contributed by atoms with Crippen molar-refractivity contribution in [2.45, 2.75) is 19.8 Å². The molecule has 1 aliphatic rings. The van der Waals surface area contributed by atoms with Crippen molar-refractivity contribution in [3.05, 3.63) is 0 Å². The van der Waals surface area contributed by atoms with E-state index in [0.717, 1.165) is 6.42 Å². The first-order chi connectivity index (χ1) is 8.10. The average Bonchev–Trinajstić information content (AvgIpc) is 2.70. The van der Waals surface area contributed by atoms with Crippen LogP contribution in [0.25, 0.3) is 0 Å². The summed E-state index contributed by atoms with van der Waals surface area (Å²) in [6.45, 7) is 3.70. The van der Waals surface area contributed by atoms with Crippen LogP contribution in [0.2, 0.25) is 0 Å². The van der Waals surface area contributed by atoms with Gasteiger partial charge in [-0.1, -0.05) is 6.92 Å². The van der Waals surface area contributed by atoms with Gasteiger partial charge >= 0.3 is 5.97 Å². The summed E-state index contributed by atoms with van der Waals surface area (Å²) in [5.41, 5.74) is 0. The number of nitrogens with zero attached hydrogens (tertiary/aromatic N) is 1. The zero-order valence-corrected chi connectivity index (χ0v) is 10.8. The molecule has 0 saturated carbocycles. The highest BCUT2D eigenvalue weighted by molar-refractivity contribution is 5.79. The van der Waals surface area contributed by atoms with Crippen LogP contribution in [0.1, 0.15) is 19.8 Å². The number of hydrogen-bond donors (Lipinski definition) is 0. The van der Waals surface area contributed by atoms with Crippen LogP contribution in [0, 0.1) is 11.8 Å². The Labute approximate surface area is 102 Å². The Balaban J connectivity index is 2.42. The average molecular weight is 243 g/mol. The second-order valence-electron chi connectivity index (χ2n) is 4.50. The lowest BCUT2D eigenvalue weighted by Gasteiger charge is -2.15. The molecule has 1 saturated heterocycles. The fourth-order valence-corrected chi connectivity index (χ4v) is 2.15. The summed E-state index contributed by atoms with van der Waals surface area (Å²) >= 11 is 0. The van der Waals surface area contributed by atoms with Gasteiger partial charge in [-0.05, 0) is 12.3 Å². The van der Waals surface area contributed by atoms with Crippen LogP contribution in [0.15, 0.2) is 0 Å². The first-order valence-electron chi connectivity index (χ1n) is 5.94. The molecule has 0 spiro atoms. The molecule has 0 aromatic carbocycles. The summed E-state index contributed by atoms with van der Waals surface area (Å²) in [7, 11) is 3.01. The molecule has 0 aromatic rings. The van der Waals surface area contributed by atoms with Gasteiger partial charge in [0.1, 0.15) is 0 Å². The van der Waals surface area contributed by atoms with Crippen LogP contribution in [-0.2, 0) is 19.1 Å². The Morgan fingerprint density at radius 1 is 1.29 bits per heavy atom. The highest BCUT2D eigenvalue weighted by atomic mass is 16.5. The molecule has 1 fully saturated rings. The van der Waals surface area contributed by atoms with Gasteiger partial charge in [-0.2, -0.15) is 0 Å². The molecule has 1 rings (SSSR count). The Morgan fingerprint density at radius 2 is 2.00 bits per heavy atom. The lowest BCUT2D eigenvalue weighted by atomic mass is 9.99. The zero-order valence-electron chi connectivity index (χ0n) is 10.8. The van der Waals surface area contributed by atoms with Crippen LogP contribution in [-0.4, -0.2) is 50.7 Å². The Kier molecular flexibility index (Phi) is 5.41. The van der Waals surface area contributed by atoms with Gasteiger partial charge in [-0.25, -0.2) is 0 Å². The molecular weight excluding hydrogens is 222 g/mol. The molecule has 1 amide bonds. The van der Waals surface area contributed by atoms with E-state index in [-0.39, 0.29) is 23.7 Å². The minimum absolute atomic E-state index is 0.0975. The summed E-state index contributed by atoms with van der Waals surface area (Å²) in [6, 6.07) is 0. The standard InChI is InChI=1S/C12H21NO4/c1-9-7-13(8-10(9)12(15)17-3)11(14)5-4-6-16-2/h9-10H,4-8H2,1-3H3. The fourth-order valence-electron chi connectivity index (χ4n) is 2.15. The van der Waals surface area contributed by atoms with Crippen LogP contribution in [0.3, 0.4) is 0 Å². The molecule has 2 unspecified atom stereocenters. The SMILES string of the molecule is COCCCC(=O)N1CC(C)C(C(=O)OC)C1. The van der Waals surface area contributed by atoms with E-state index in [1.54, 1.807) is 12.0 Å². The van der Waals surface area contributed by atoms with Crippen molar-refractivity contribution in [2.75, 3.05) is 33.9 Å². The van der Waals surface area contributed by atoms with Crippen molar-refractivity contribution in [2.24, 2.45) is 11.8 Å². The minimum Gasteiger partial charge on any atom is -0.469 e. The van der Waals surface area contributed by atoms with E-state index in [4.69, 9.17) is 9.47 Å². The molecule has 5 nitrogen and oxygen atoms in total. The fraction of sp³-hybridized carbons (Fsp3) is 0.833. The van der Waals surface area contributed by atoms with Crippen molar-refractivity contribution in [3.8, 4) is 0 Å². The van der Waals surface area contributed by atoms with Gasteiger partial charge < -0.3 is 14.4 Å². The van der Waals surface area contributed by atoms with Crippen molar-refractivity contribution < 1.29 is 19.1 Å². The molecule has 0 aromatic heterocycles. The first kappa shape index (κ1) is 14.0. The van der Waals surface area contributed by atoms with E-state index in [1.165, 1.54) is 7.11 Å². The lowest BCUT2D eigenvalue weighted by Crippen LogP contribution is -2.30. The van der Waals surface area contributed by atoms with E-state index in [0.29, 0.717) is 26.1 Å². The third-order valence-electron chi connectivity index (χ3n) is 3.21. The van der Waals surface area contributed by atoms with E-state index in [9.17, 15) is 9.59 Å². The molecule has 1 heterocycles. The summed E-state index contributed by atoms with van der Waals surface area (Å²) in [5, 5.41) is 0. The van der Waals surface area contributed by atoms with Crippen molar-refractivity contribution in [3.63, 3.8) is 0 Å². The molecular formula is C12H21NO4. The molecule has 2 atom stereocenters. The van der Waals surface area contributed by atoms with Crippen LogP contribution in [0.4, 0.5) is 0 Å². The number of hydrogen-bond acceptors (Lipinski definition) is 4. The Hall–Kier alpha value is -1.10. The van der Waals surface area contributed by atoms with Gasteiger partial charge in [0.25, 0.3) is 0 Å². The van der Waals surface area contributed by atoms with Gasteiger partial charge in [-0.15, -0.1) is 0 Å². The van der Waals surface area contributed by atoms with E-state index < -0.39 is 0 Å². The molecule has 17 heavy (non-hydrogen) atoms. The topological polar surface area (TPSA) is 55.8 Å². The third-order valence-corrected chi connectivity index (χ3v) is 3.21. The minimum atomic E-state index is -0.218. The molecule has 0 radical (unpaired) electrons. The summed E-state index contributed by atoms with van der Waals surface area (Å²) in [4.78, 5) is 25.1. The molecule has 5 heteroatoms. The number of methoxy groups -OCH3 is 2. The number of esters is 1. The van der Waals surface area contributed by atoms with E-state index >= 15 is 0 Å². The normalized spacial score (nSPS) is 23.8. The van der Waals surface area contributed by atoms with Gasteiger partial charge in [-0.3, -0.25) is 9.59 Å². The van der Waals surface area contributed by atoms with Crippen LogP contribution in [0.5, 0.6) is 0 Å². The third kappa shape index (κ3) is 3.70. The highest BCUT2D eigenvalue weighted by Gasteiger charge is 2.37. The van der Waals surface area contributed by atoms with Crippen molar-refractivity contribution in [1.82, 2.24) is 4.90 Å². The maximum Gasteiger partial charge on any atom is 0.310 e.